The molecule has 2 N–H and O–H groups in total. The van der Waals surface area contributed by atoms with Crippen molar-refractivity contribution in [3.05, 3.63) is 29.8 Å². The van der Waals surface area contributed by atoms with Crippen molar-refractivity contribution in [3.8, 4) is 5.75 Å². The number of methoxy groups -OCH3 is 1. The molecule has 7 nitrogen and oxygen atoms in total. The van der Waals surface area contributed by atoms with E-state index in [-0.39, 0.29) is 12.5 Å². The molecule has 0 spiro atoms. The van der Waals surface area contributed by atoms with E-state index < -0.39 is 12.2 Å². The van der Waals surface area contributed by atoms with E-state index in [9.17, 15) is 9.59 Å². The number of carbonyl (C=O) groups excluding carboxylic acids is 2. The summed E-state index contributed by atoms with van der Waals surface area (Å²) in [6.45, 7) is 0.465. The summed E-state index contributed by atoms with van der Waals surface area (Å²) in [5.74, 6) is -0.113. The molecule has 1 aromatic rings. The molecular weight excluding hydrogens is 288 g/mol. The van der Waals surface area contributed by atoms with Crippen molar-refractivity contribution in [2.45, 2.75) is 25.6 Å². The zero-order chi connectivity index (χ0) is 15.8. The monoisotopic (exact) mass is 308 g/mol. The summed E-state index contributed by atoms with van der Waals surface area (Å²) in [4.78, 5) is 28.6. The van der Waals surface area contributed by atoms with Crippen LogP contribution in [0.15, 0.2) is 24.3 Å². The molecule has 1 heterocycles. The first-order valence-corrected chi connectivity index (χ1v) is 7.17. The van der Waals surface area contributed by atoms with Gasteiger partial charge in [-0.1, -0.05) is 0 Å². The molecule has 7 heteroatoms. The van der Waals surface area contributed by atoms with Crippen molar-refractivity contribution in [3.63, 3.8) is 0 Å². The number of hydrogen-bond donors (Lipinski definition) is 2. The second-order valence-electron chi connectivity index (χ2n) is 4.85. The first-order valence-electron chi connectivity index (χ1n) is 7.17. The minimum Gasteiger partial charge on any atom is -0.497 e. The average molecular weight is 308 g/mol. The Kier molecular flexibility index (Phi) is 6.17. The van der Waals surface area contributed by atoms with Crippen molar-refractivity contribution in [2.24, 2.45) is 0 Å². The standard InChI is InChI=1S/C15H20N2O5/c1-20-12-7-5-11(6-8-12)15(19)16-10-13(18)17-22-14-4-2-3-9-21-14/h5-8,14H,2-4,9-10H2,1H3,(H,16,19)(H,17,18)/t14-/m0/s1. The van der Waals surface area contributed by atoms with E-state index in [4.69, 9.17) is 14.3 Å². The molecule has 1 aromatic carbocycles. The fraction of sp³-hybridized carbons (Fsp3) is 0.467. The highest BCUT2D eigenvalue weighted by molar-refractivity contribution is 5.96. The molecule has 1 atom stereocenters. The lowest BCUT2D eigenvalue weighted by atomic mass is 10.2. The Morgan fingerprint density at radius 1 is 1.27 bits per heavy atom. The largest absolute Gasteiger partial charge is 0.497 e. The number of nitrogens with one attached hydrogen (secondary N) is 2. The Labute approximate surface area is 128 Å². The van der Waals surface area contributed by atoms with Crippen LogP contribution in [0.5, 0.6) is 5.75 Å². The van der Waals surface area contributed by atoms with E-state index in [0.29, 0.717) is 17.9 Å². The van der Waals surface area contributed by atoms with Crippen LogP contribution in [0.1, 0.15) is 29.6 Å². The summed E-state index contributed by atoms with van der Waals surface area (Å²) in [6.07, 6.45) is 2.36. The molecule has 2 rings (SSSR count). The summed E-state index contributed by atoms with van der Waals surface area (Å²) >= 11 is 0. The van der Waals surface area contributed by atoms with Crippen LogP contribution in [0.25, 0.3) is 0 Å². The molecule has 120 valence electrons. The molecule has 1 fully saturated rings. The summed E-state index contributed by atoms with van der Waals surface area (Å²) in [6, 6.07) is 6.61. The van der Waals surface area contributed by atoms with Gasteiger partial charge in [0.1, 0.15) is 5.75 Å². The molecule has 1 aliphatic rings. The van der Waals surface area contributed by atoms with Crippen LogP contribution in [0.3, 0.4) is 0 Å². The van der Waals surface area contributed by atoms with Gasteiger partial charge in [-0.05, 0) is 37.1 Å². The summed E-state index contributed by atoms with van der Waals surface area (Å²) < 4.78 is 10.3. The molecule has 0 unspecified atom stereocenters. The summed E-state index contributed by atoms with van der Waals surface area (Å²) in [5.41, 5.74) is 2.73. The minimum absolute atomic E-state index is 0.169. The Bertz CT molecular complexity index is 497. The van der Waals surface area contributed by atoms with Gasteiger partial charge in [-0.3, -0.25) is 9.59 Å². The Morgan fingerprint density at radius 2 is 2.05 bits per heavy atom. The topological polar surface area (TPSA) is 85.9 Å². The van der Waals surface area contributed by atoms with Gasteiger partial charge in [0.05, 0.1) is 13.7 Å². The van der Waals surface area contributed by atoms with Crippen molar-refractivity contribution >= 4 is 11.8 Å². The van der Waals surface area contributed by atoms with Gasteiger partial charge >= 0.3 is 0 Å². The molecular formula is C15H20N2O5. The van der Waals surface area contributed by atoms with E-state index in [2.05, 4.69) is 10.8 Å². The number of amides is 2. The lowest BCUT2D eigenvalue weighted by Crippen LogP contribution is -2.39. The molecule has 2 amide bonds. The van der Waals surface area contributed by atoms with Crippen LogP contribution in [-0.4, -0.2) is 38.4 Å². The van der Waals surface area contributed by atoms with Gasteiger partial charge in [0, 0.05) is 18.6 Å². The smallest absolute Gasteiger partial charge is 0.263 e. The zero-order valence-electron chi connectivity index (χ0n) is 12.5. The maximum Gasteiger partial charge on any atom is 0.263 e. The third-order valence-electron chi connectivity index (χ3n) is 3.20. The number of hydrogen-bond acceptors (Lipinski definition) is 5. The lowest BCUT2D eigenvalue weighted by molar-refractivity contribution is -0.200. The lowest BCUT2D eigenvalue weighted by Gasteiger charge is -2.22. The highest BCUT2D eigenvalue weighted by atomic mass is 16.8. The van der Waals surface area contributed by atoms with Crippen molar-refractivity contribution in [1.29, 1.82) is 0 Å². The van der Waals surface area contributed by atoms with Gasteiger partial charge in [0.15, 0.2) is 6.29 Å². The molecule has 0 radical (unpaired) electrons. The molecule has 0 aromatic heterocycles. The van der Waals surface area contributed by atoms with Crippen LogP contribution in [0.2, 0.25) is 0 Å². The Hall–Kier alpha value is -2.12. The van der Waals surface area contributed by atoms with Crippen molar-refractivity contribution < 1.29 is 23.9 Å². The highest BCUT2D eigenvalue weighted by Crippen LogP contribution is 2.12. The quantitative estimate of drug-likeness (QED) is 0.766. The van der Waals surface area contributed by atoms with Gasteiger partial charge in [-0.2, -0.15) is 0 Å². The van der Waals surface area contributed by atoms with E-state index in [0.717, 1.165) is 19.3 Å². The van der Waals surface area contributed by atoms with Gasteiger partial charge in [-0.25, -0.2) is 10.3 Å². The SMILES string of the molecule is COc1ccc(C(=O)NCC(=O)NO[C@H]2CCCCO2)cc1. The van der Waals surface area contributed by atoms with Crippen molar-refractivity contribution in [2.75, 3.05) is 20.3 Å². The van der Waals surface area contributed by atoms with E-state index in [1.54, 1.807) is 31.4 Å². The maximum absolute atomic E-state index is 11.9. The van der Waals surface area contributed by atoms with Gasteiger partial charge in [0.2, 0.25) is 0 Å². The maximum atomic E-state index is 11.9. The van der Waals surface area contributed by atoms with Gasteiger partial charge < -0.3 is 14.8 Å². The van der Waals surface area contributed by atoms with Crippen LogP contribution in [0, 0.1) is 0 Å². The predicted molar refractivity (Wildman–Crippen MR) is 78.1 cm³/mol. The third kappa shape index (κ3) is 5.01. The number of benzene rings is 1. The van der Waals surface area contributed by atoms with Crippen molar-refractivity contribution in [1.82, 2.24) is 10.8 Å². The van der Waals surface area contributed by atoms with Crippen LogP contribution in [0.4, 0.5) is 0 Å². The Balaban J connectivity index is 1.69. The number of hydroxylamine groups is 1. The van der Waals surface area contributed by atoms with Crippen LogP contribution < -0.4 is 15.5 Å². The summed E-state index contributed by atoms with van der Waals surface area (Å²) in [5, 5.41) is 2.51. The minimum atomic E-state index is -0.434. The molecule has 0 aliphatic carbocycles. The molecule has 0 saturated carbocycles. The second-order valence-corrected chi connectivity index (χ2v) is 4.85. The number of ether oxygens (including phenoxy) is 2. The number of carbonyl (C=O) groups is 2. The molecule has 22 heavy (non-hydrogen) atoms. The van der Waals surface area contributed by atoms with E-state index in [1.807, 2.05) is 0 Å². The fourth-order valence-electron chi connectivity index (χ4n) is 1.98. The first kappa shape index (κ1) is 16.3. The molecule has 0 bridgehead atoms. The van der Waals surface area contributed by atoms with Crippen LogP contribution >= 0.6 is 0 Å². The Morgan fingerprint density at radius 3 is 2.68 bits per heavy atom. The summed E-state index contributed by atoms with van der Waals surface area (Å²) in [7, 11) is 1.55. The first-order chi connectivity index (χ1) is 10.7. The normalized spacial score (nSPS) is 17.6. The zero-order valence-corrected chi connectivity index (χ0v) is 12.5. The van der Waals surface area contributed by atoms with Crippen LogP contribution in [-0.2, 0) is 14.4 Å². The predicted octanol–water partition coefficient (Wildman–Crippen LogP) is 0.999. The molecule has 1 aliphatic heterocycles. The highest BCUT2D eigenvalue weighted by Gasteiger charge is 2.16. The molecule has 1 saturated heterocycles. The van der Waals surface area contributed by atoms with Gasteiger partial charge in [0.25, 0.3) is 11.8 Å². The number of rotatable bonds is 6. The fourth-order valence-corrected chi connectivity index (χ4v) is 1.98. The van der Waals surface area contributed by atoms with E-state index >= 15 is 0 Å². The van der Waals surface area contributed by atoms with Gasteiger partial charge in [-0.15, -0.1) is 0 Å². The van der Waals surface area contributed by atoms with E-state index in [1.165, 1.54) is 0 Å². The second kappa shape index (κ2) is 8.35. The average Bonchev–Trinajstić information content (AvgIpc) is 2.58. The third-order valence-corrected chi connectivity index (χ3v) is 3.20.